The molecule has 1 rings (SSSR count). The van der Waals surface area contributed by atoms with Crippen molar-refractivity contribution in [1.29, 1.82) is 0 Å². The van der Waals surface area contributed by atoms with Gasteiger partial charge in [0.25, 0.3) is 0 Å². The third kappa shape index (κ3) is 17.8. The molecule has 0 fully saturated rings. The third-order valence-electron chi connectivity index (χ3n) is 0.667. The van der Waals surface area contributed by atoms with Crippen molar-refractivity contribution in [2.75, 3.05) is 0 Å². The zero-order valence-corrected chi connectivity index (χ0v) is 11.5. The van der Waals surface area contributed by atoms with Gasteiger partial charge in [-0.3, -0.25) is 7.32 Å². The van der Waals surface area contributed by atoms with E-state index in [0.29, 0.717) is 0 Å². The smallest absolute Gasteiger partial charge is 0.907 e. The zero-order chi connectivity index (χ0) is 7.82. The summed E-state index contributed by atoms with van der Waals surface area (Å²) in [5.74, 6) is 0. The Hall–Kier alpha value is 0.1000. The average Bonchev–Trinajstić information content (AvgIpc) is 1.90. The molecular formula is C6H6BHgO3. The summed E-state index contributed by atoms with van der Waals surface area (Å²) in [6, 6.07) is 12.0. The molecule has 1 aromatic carbocycles. The molecule has 0 atom stereocenters. The summed E-state index contributed by atoms with van der Waals surface area (Å²) in [6.07, 6.45) is 0. The summed E-state index contributed by atoms with van der Waals surface area (Å²) >= 11 is 0. The van der Waals surface area contributed by atoms with Crippen molar-refractivity contribution in [2.24, 2.45) is 0 Å². The second kappa shape index (κ2) is 10.1. The minimum atomic E-state index is -2.92. The van der Waals surface area contributed by atoms with Gasteiger partial charge in [-0.15, -0.1) is 0 Å². The maximum Gasteiger partial charge on any atom is 3.00 e. The fourth-order valence-corrected chi connectivity index (χ4v) is 0.385. The molecule has 0 amide bonds. The topological polar surface area (TPSA) is 69.2 Å². The molecular weight excluding hydrogens is 331 g/mol. The van der Waals surface area contributed by atoms with Crippen molar-refractivity contribution >= 4 is 7.32 Å². The normalized spacial score (nSPS) is 6.82. The van der Waals surface area contributed by atoms with Crippen LogP contribution in [0, 0.1) is 0 Å². The Morgan fingerprint density at radius 3 is 0.818 bits per heavy atom. The molecule has 0 aromatic heterocycles. The molecule has 0 saturated heterocycles. The molecule has 0 aliphatic heterocycles. The first kappa shape index (κ1) is 13.7. The number of hydrogen-bond donors (Lipinski definition) is 0. The van der Waals surface area contributed by atoms with Crippen molar-refractivity contribution in [3.05, 3.63) is 36.4 Å². The van der Waals surface area contributed by atoms with Crippen LogP contribution >= 0.6 is 0 Å². The van der Waals surface area contributed by atoms with E-state index in [-0.39, 0.29) is 27.7 Å². The van der Waals surface area contributed by atoms with Crippen molar-refractivity contribution in [3.8, 4) is 0 Å². The van der Waals surface area contributed by atoms with E-state index in [1.54, 1.807) is 0 Å². The molecule has 5 heteroatoms. The molecule has 53 valence electrons. The fourth-order valence-electron chi connectivity index (χ4n) is 0.385. The Kier molecular flexibility index (Phi) is 12.6. The summed E-state index contributed by atoms with van der Waals surface area (Å²) in [4.78, 5) is 0. The van der Waals surface area contributed by atoms with Crippen molar-refractivity contribution in [3.63, 3.8) is 0 Å². The van der Waals surface area contributed by atoms with Gasteiger partial charge in [-0.1, -0.05) is 36.4 Å². The van der Waals surface area contributed by atoms with Crippen LogP contribution in [0.4, 0.5) is 0 Å². The van der Waals surface area contributed by atoms with E-state index >= 15 is 0 Å². The van der Waals surface area contributed by atoms with E-state index in [9.17, 15) is 0 Å². The van der Waals surface area contributed by atoms with Crippen LogP contribution in [0.15, 0.2) is 36.4 Å². The van der Waals surface area contributed by atoms with Gasteiger partial charge in [-0.25, -0.2) is 0 Å². The first-order valence-corrected chi connectivity index (χ1v) is 2.71. The quantitative estimate of drug-likeness (QED) is 0.502. The molecule has 0 unspecified atom stereocenters. The van der Waals surface area contributed by atoms with E-state index in [2.05, 4.69) is 0 Å². The van der Waals surface area contributed by atoms with Gasteiger partial charge in [-0.2, -0.15) is 0 Å². The van der Waals surface area contributed by atoms with Crippen LogP contribution in [0.1, 0.15) is 0 Å². The fraction of sp³-hybridized carbons (Fsp3) is 0. The van der Waals surface area contributed by atoms with Gasteiger partial charge in [0.15, 0.2) is 0 Å². The van der Waals surface area contributed by atoms with Crippen LogP contribution in [-0.2, 0) is 27.7 Å². The Balaban J connectivity index is 0. The summed E-state index contributed by atoms with van der Waals surface area (Å²) < 4.78 is 0. The van der Waals surface area contributed by atoms with Gasteiger partial charge in [0.1, 0.15) is 0 Å². The molecule has 1 aromatic rings. The molecule has 0 aliphatic rings. The Labute approximate surface area is 86.4 Å². The Morgan fingerprint density at radius 1 is 0.636 bits per heavy atom. The van der Waals surface area contributed by atoms with E-state index in [4.69, 9.17) is 15.1 Å². The van der Waals surface area contributed by atoms with Gasteiger partial charge >= 0.3 is 27.7 Å². The van der Waals surface area contributed by atoms with Gasteiger partial charge in [0, 0.05) is 0 Å². The van der Waals surface area contributed by atoms with E-state index in [0.717, 1.165) is 0 Å². The zero-order valence-electron chi connectivity index (χ0n) is 5.97. The summed E-state index contributed by atoms with van der Waals surface area (Å²) in [7, 11) is -2.92. The predicted molar refractivity (Wildman–Crippen MR) is 32.2 cm³/mol. The molecule has 0 heterocycles. The number of benzene rings is 1. The molecule has 0 saturated carbocycles. The number of rotatable bonds is 0. The standard InChI is InChI=1S/C6H6.BO3.Hg/c1-2-4-6-5-3-1;2-1(3)4;/h1-6H;;/q;-3;+3. The van der Waals surface area contributed by atoms with Crippen LogP contribution in [0.25, 0.3) is 0 Å². The monoisotopic (exact) mass is 339 g/mol. The maximum atomic E-state index is 8.42. The van der Waals surface area contributed by atoms with E-state index in [1.807, 2.05) is 36.4 Å². The Morgan fingerprint density at radius 2 is 0.727 bits per heavy atom. The number of hydrogen-bond acceptors (Lipinski definition) is 3. The molecule has 0 bridgehead atoms. The molecule has 0 radical (unpaired) electrons. The largest absolute Gasteiger partial charge is 3.00 e. The second-order valence-corrected chi connectivity index (χ2v) is 1.44. The average molecular weight is 338 g/mol. The molecule has 0 aliphatic carbocycles. The summed E-state index contributed by atoms with van der Waals surface area (Å²) in [5.41, 5.74) is 0. The predicted octanol–water partition coefficient (Wildman–Crippen LogP) is -2.26. The SMILES string of the molecule is [Hg+3].[O-]B([O-])[O-].c1ccccc1. The Bertz CT molecular complexity index is 118. The molecule has 3 nitrogen and oxygen atoms in total. The van der Waals surface area contributed by atoms with Crippen molar-refractivity contribution in [2.45, 2.75) is 0 Å². The van der Waals surface area contributed by atoms with E-state index < -0.39 is 7.32 Å². The van der Waals surface area contributed by atoms with Gasteiger partial charge in [0.2, 0.25) is 0 Å². The summed E-state index contributed by atoms with van der Waals surface area (Å²) in [6.45, 7) is 0. The molecule has 0 N–H and O–H groups in total. The van der Waals surface area contributed by atoms with Crippen LogP contribution in [0.2, 0.25) is 0 Å². The molecule has 11 heavy (non-hydrogen) atoms. The van der Waals surface area contributed by atoms with E-state index in [1.165, 1.54) is 0 Å². The first-order valence-electron chi connectivity index (χ1n) is 2.71. The van der Waals surface area contributed by atoms with Gasteiger partial charge in [0.05, 0.1) is 0 Å². The van der Waals surface area contributed by atoms with Crippen LogP contribution < -0.4 is 15.1 Å². The van der Waals surface area contributed by atoms with Crippen LogP contribution in [-0.4, -0.2) is 7.32 Å². The van der Waals surface area contributed by atoms with Crippen molar-refractivity contribution < 1.29 is 42.7 Å². The maximum absolute atomic E-state index is 8.42. The first-order chi connectivity index (χ1) is 4.73. The van der Waals surface area contributed by atoms with Crippen LogP contribution in [0.5, 0.6) is 0 Å². The van der Waals surface area contributed by atoms with Gasteiger partial charge < -0.3 is 15.1 Å². The molecule has 0 spiro atoms. The second-order valence-electron chi connectivity index (χ2n) is 1.44. The third-order valence-corrected chi connectivity index (χ3v) is 0.667. The van der Waals surface area contributed by atoms with Gasteiger partial charge in [-0.05, 0) is 0 Å². The summed E-state index contributed by atoms with van der Waals surface area (Å²) in [5, 5.41) is 25.2. The van der Waals surface area contributed by atoms with Crippen LogP contribution in [0.3, 0.4) is 0 Å². The minimum absolute atomic E-state index is 0. The van der Waals surface area contributed by atoms with Crippen molar-refractivity contribution in [1.82, 2.24) is 0 Å². The minimum Gasteiger partial charge on any atom is -0.907 e.